The molecule has 2 aromatic rings. The van der Waals surface area contributed by atoms with Crippen LogP contribution in [0, 0.1) is 6.92 Å². The molecule has 0 atom stereocenters. The Morgan fingerprint density at radius 2 is 1.59 bits per heavy atom. The largest absolute Gasteiger partial charge is 0.296 e. The molecule has 6 nitrogen and oxygen atoms in total. The average Bonchev–Trinajstić information content (AvgIpc) is 2.40. The van der Waals surface area contributed by atoms with Gasteiger partial charge >= 0.3 is 0 Å². The van der Waals surface area contributed by atoms with Crippen LogP contribution >= 0.6 is 11.6 Å². The summed E-state index contributed by atoms with van der Waals surface area (Å²) in [7, 11) is -8.42. The van der Waals surface area contributed by atoms with Crippen LogP contribution in [0.25, 0.3) is 0 Å². The Balaban J connectivity index is 2.40. The molecule has 0 radical (unpaired) electrons. The van der Waals surface area contributed by atoms with E-state index >= 15 is 0 Å². The van der Waals surface area contributed by atoms with Crippen LogP contribution in [0.15, 0.2) is 52.3 Å². The SMILES string of the molecule is Cc1ccc(S(=O)(=O)Nc2ccc(Cl)c(S(=O)(=O)O)c2)cc1. The van der Waals surface area contributed by atoms with Crippen LogP contribution in [-0.4, -0.2) is 21.4 Å². The molecule has 2 rings (SSSR count). The van der Waals surface area contributed by atoms with E-state index in [2.05, 4.69) is 4.72 Å². The van der Waals surface area contributed by atoms with Gasteiger partial charge in [0.25, 0.3) is 20.1 Å². The highest BCUT2D eigenvalue weighted by atomic mass is 35.5. The molecule has 2 aromatic carbocycles. The number of hydrogen-bond donors (Lipinski definition) is 2. The number of rotatable bonds is 4. The molecule has 9 heteroatoms. The number of anilines is 1. The van der Waals surface area contributed by atoms with Crippen molar-refractivity contribution in [3.63, 3.8) is 0 Å². The first-order valence-electron chi connectivity index (χ1n) is 5.96. The Bertz CT molecular complexity index is 906. The lowest BCUT2D eigenvalue weighted by molar-refractivity contribution is 0.483. The van der Waals surface area contributed by atoms with Crippen LogP contribution in [0.4, 0.5) is 5.69 Å². The van der Waals surface area contributed by atoms with Gasteiger partial charge in [-0.25, -0.2) is 8.42 Å². The van der Waals surface area contributed by atoms with Crippen molar-refractivity contribution in [1.82, 2.24) is 0 Å². The van der Waals surface area contributed by atoms with Crippen molar-refractivity contribution < 1.29 is 21.4 Å². The number of sulfonamides is 1. The predicted molar refractivity (Wildman–Crippen MR) is 83.3 cm³/mol. The van der Waals surface area contributed by atoms with Crippen LogP contribution in [0.2, 0.25) is 5.02 Å². The number of aryl methyl sites for hydroxylation is 1. The van der Waals surface area contributed by atoms with Gasteiger partial charge in [-0.2, -0.15) is 8.42 Å². The standard InChI is InChI=1S/C13H12ClNO5S2/c1-9-2-5-11(6-3-9)21(16,17)15-10-4-7-12(14)13(8-10)22(18,19)20/h2-8,15H,1H3,(H,18,19,20). The summed E-state index contributed by atoms with van der Waals surface area (Å²) in [5, 5.41) is -0.208. The molecule has 22 heavy (non-hydrogen) atoms. The minimum Gasteiger partial charge on any atom is -0.282 e. The van der Waals surface area contributed by atoms with Crippen LogP contribution in [0.5, 0.6) is 0 Å². The van der Waals surface area contributed by atoms with Crippen LogP contribution in [0.3, 0.4) is 0 Å². The van der Waals surface area contributed by atoms with E-state index in [1.165, 1.54) is 24.3 Å². The first-order valence-corrected chi connectivity index (χ1v) is 9.26. The van der Waals surface area contributed by atoms with Crippen molar-refractivity contribution in [3.05, 3.63) is 53.1 Å². The zero-order chi connectivity index (χ0) is 16.5. The van der Waals surface area contributed by atoms with Crippen LogP contribution in [0.1, 0.15) is 5.56 Å². The van der Waals surface area contributed by atoms with Crippen molar-refractivity contribution in [3.8, 4) is 0 Å². The summed E-state index contributed by atoms with van der Waals surface area (Å²) in [4.78, 5) is -0.542. The van der Waals surface area contributed by atoms with Crippen molar-refractivity contribution in [2.75, 3.05) is 4.72 Å². The Hall–Kier alpha value is -1.61. The third kappa shape index (κ3) is 3.77. The van der Waals surface area contributed by atoms with Gasteiger partial charge in [0.2, 0.25) is 0 Å². The quantitative estimate of drug-likeness (QED) is 0.815. The number of benzene rings is 2. The minimum atomic E-state index is -4.55. The lowest BCUT2D eigenvalue weighted by Crippen LogP contribution is -2.13. The second-order valence-electron chi connectivity index (χ2n) is 4.54. The van der Waals surface area contributed by atoms with Crippen LogP contribution < -0.4 is 4.72 Å². The van der Waals surface area contributed by atoms with Crippen molar-refractivity contribution in [2.24, 2.45) is 0 Å². The summed E-state index contributed by atoms with van der Waals surface area (Å²) >= 11 is 5.67. The van der Waals surface area contributed by atoms with Gasteiger partial charge in [0.15, 0.2) is 0 Å². The van der Waals surface area contributed by atoms with E-state index in [4.69, 9.17) is 16.2 Å². The summed E-state index contributed by atoms with van der Waals surface area (Å²) in [5.74, 6) is 0. The molecule has 0 spiro atoms. The fraction of sp³-hybridized carbons (Fsp3) is 0.0769. The summed E-state index contributed by atoms with van der Waals surface area (Å²) in [6.45, 7) is 1.82. The second kappa shape index (κ2) is 5.88. The molecular weight excluding hydrogens is 350 g/mol. The number of nitrogens with one attached hydrogen (secondary N) is 1. The summed E-state index contributed by atoms with van der Waals surface area (Å²) in [5.41, 5.74) is 0.872. The third-order valence-corrected chi connectivity index (χ3v) is 5.53. The zero-order valence-electron chi connectivity index (χ0n) is 11.3. The van der Waals surface area contributed by atoms with Crippen LogP contribution in [-0.2, 0) is 20.1 Å². The molecule has 0 unspecified atom stereocenters. The van der Waals surface area contributed by atoms with Gasteiger partial charge in [0.05, 0.1) is 15.6 Å². The van der Waals surface area contributed by atoms with Gasteiger partial charge in [-0.1, -0.05) is 29.3 Å². The summed E-state index contributed by atoms with van der Waals surface area (Å²) in [6.07, 6.45) is 0. The van der Waals surface area contributed by atoms with Gasteiger partial charge in [0.1, 0.15) is 4.90 Å². The molecule has 118 valence electrons. The first kappa shape index (κ1) is 16.8. The molecule has 0 saturated carbocycles. The van der Waals surface area contributed by atoms with E-state index in [0.29, 0.717) is 0 Å². The van der Waals surface area contributed by atoms with Crippen molar-refractivity contribution in [2.45, 2.75) is 16.7 Å². The van der Waals surface area contributed by atoms with Gasteiger partial charge < -0.3 is 0 Å². The fourth-order valence-electron chi connectivity index (χ4n) is 1.70. The smallest absolute Gasteiger partial charge is 0.282 e. The normalized spacial score (nSPS) is 12.1. The predicted octanol–water partition coefficient (Wildman–Crippen LogP) is 2.70. The van der Waals surface area contributed by atoms with Gasteiger partial charge in [-0.15, -0.1) is 0 Å². The highest BCUT2D eigenvalue weighted by Gasteiger charge is 2.18. The molecule has 0 bridgehead atoms. The molecule has 2 N–H and O–H groups in total. The highest BCUT2D eigenvalue weighted by Crippen LogP contribution is 2.26. The Morgan fingerprint density at radius 1 is 1.00 bits per heavy atom. The second-order valence-corrected chi connectivity index (χ2v) is 8.02. The number of hydrogen-bond acceptors (Lipinski definition) is 4. The molecule has 0 amide bonds. The maximum atomic E-state index is 12.2. The fourth-order valence-corrected chi connectivity index (χ4v) is 3.75. The molecule has 0 fully saturated rings. The topological polar surface area (TPSA) is 101 Å². The first-order chi connectivity index (χ1) is 10.1. The molecule has 0 aliphatic carbocycles. The molecule has 0 aliphatic rings. The number of halogens is 1. The zero-order valence-corrected chi connectivity index (χ0v) is 13.7. The minimum absolute atomic E-state index is 0.0291. The Labute approximate surface area is 133 Å². The van der Waals surface area contributed by atoms with E-state index in [9.17, 15) is 16.8 Å². The maximum Gasteiger partial charge on any atom is 0.296 e. The lowest BCUT2D eigenvalue weighted by Gasteiger charge is -2.10. The Kier molecular flexibility index (Phi) is 4.48. The van der Waals surface area contributed by atoms with Gasteiger partial charge in [0, 0.05) is 0 Å². The van der Waals surface area contributed by atoms with Gasteiger partial charge in [-0.05, 0) is 37.3 Å². The maximum absolute atomic E-state index is 12.2. The monoisotopic (exact) mass is 361 g/mol. The van der Waals surface area contributed by atoms with E-state index < -0.39 is 25.0 Å². The Morgan fingerprint density at radius 3 is 2.14 bits per heavy atom. The van der Waals surface area contributed by atoms with Crippen molar-refractivity contribution in [1.29, 1.82) is 0 Å². The van der Waals surface area contributed by atoms with E-state index in [1.807, 2.05) is 6.92 Å². The van der Waals surface area contributed by atoms with E-state index in [0.717, 1.165) is 11.6 Å². The summed E-state index contributed by atoms with van der Waals surface area (Å²) < 4.78 is 58.0. The van der Waals surface area contributed by atoms with Crippen molar-refractivity contribution >= 4 is 37.4 Å². The third-order valence-electron chi connectivity index (χ3n) is 2.79. The molecule has 0 aromatic heterocycles. The molecule has 0 aliphatic heterocycles. The molecule has 0 heterocycles. The van der Waals surface area contributed by atoms with Gasteiger partial charge in [-0.3, -0.25) is 9.27 Å². The average molecular weight is 362 g/mol. The van der Waals surface area contributed by atoms with E-state index in [-0.39, 0.29) is 15.6 Å². The van der Waals surface area contributed by atoms with E-state index in [1.54, 1.807) is 12.1 Å². The lowest BCUT2D eigenvalue weighted by atomic mass is 10.2. The molecule has 0 saturated heterocycles. The highest BCUT2D eigenvalue weighted by molar-refractivity contribution is 7.92. The summed E-state index contributed by atoms with van der Waals surface area (Å²) in [6, 6.07) is 9.55. The molecular formula is C13H12ClNO5S2.